The van der Waals surface area contributed by atoms with E-state index in [9.17, 15) is 4.39 Å². The van der Waals surface area contributed by atoms with Gasteiger partial charge in [-0.2, -0.15) is 16.2 Å². The maximum Gasteiger partial charge on any atom is 0.214 e. The lowest BCUT2D eigenvalue weighted by Gasteiger charge is -2.05. The molecule has 1 heterocycles. The number of aliphatic hydroxyl groups is 1. The summed E-state index contributed by atoms with van der Waals surface area (Å²) in [6.45, 7) is 1.04. The van der Waals surface area contributed by atoms with E-state index in [4.69, 9.17) is 5.11 Å². The second-order valence-electron chi connectivity index (χ2n) is 2.98. The molecule has 1 rings (SSSR count). The zero-order valence-electron chi connectivity index (χ0n) is 8.45. The van der Waals surface area contributed by atoms with E-state index in [1.54, 1.807) is 17.8 Å². The molecule has 0 atom stereocenters. The van der Waals surface area contributed by atoms with E-state index in [2.05, 4.69) is 10.3 Å². The number of pyridine rings is 1. The van der Waals surface area contributed by atoms with Gasteiger partial charge in [0, 0.05) is 36.9 Å². The van der Waals surface area contributed by atoms with Crippen molar-refractivity contribution in [1.29, 1.82) is 0 Å². The van der Waals surface area contributed by atoms with E-state index in [-0.39, 0.29) is 6.61 Å². The second-order valence-corrected chi connectivity index (χ2v) is 4.21. The first-order valence-corrected chi connectivity index (χ1v) is 6.02. The van der Waals surface area contributed by atoms with E-state index in [0.717, 1.165) is 30.2 Å². The van der Waals surface area contributed by atoms with Gasteiger partial charge in [-0.1, -0.05) is 0 Å². The fourth-order valence-corrected chi connectivity index (χ4v) is 1.83. The van der Waals surface area contributed by atoms with E-state index < -0.39 is 5.95 Å². The molecule has 0 saturated heterocycles. The number of aromatic nitrogens is 1. The first kappa shape index (κ1) is 12.3. The molecule has 5 heteroatoms. The van der Waals surface area contributed by atoms with E-state index in [1.807, 2.05) is 0 Å². The molecule has 0 aliphatic heterocycles. The molecule has 0 spiro atoms. The summed E-state index contributed by atoms with van der Waals surface area (Å²) in [5.74, 6) is 1.44. The standard InChI is InChI=1S/C10H15FN2OS/c11-10-8-9(2-3-13-10)12-4-7-15-6-1-5-14/h2-3,8,14H,1,4-7H2,(H,12,13). The van der Waals surface area contributed by atoms with Crippen LogP contribution in [0.15, 0.2) is 18.3 Å². The van der Waals surface area contributed by atoms with Crippen molar-refractivity contribution in [3.63, 3.8) is 0 Å². The van der Waals surface area contributed by atoms with Crippen LogP contribution in [0.3, 0.4) is 0 Å². The fraction of sp³-hybridized carbons (Fsp3) is 0.500. The van der Waals surface area contributed by atoms with Crippen LogP contribution in [0.25, 0.3) is 0 Å². The first-order valence-electron chi connectivity index (χ1n) is 4.87. The Hall–Kier alpha value is -0.810. The molecule has 0 unspecified atom stereocenters. The smallest absolute Gasteiger partial charge is 0.214 e. The van der Waals surface area contributed by atoms with Gasteiger partial charge in [-0.25, -0.2) is 4.98 Å². The molecule has 1 aromatic heterocycles. The average Bonchev–Trinajstić information content (AvgIpc) is 2.23. The van der Waals surface area contributed by atoms with Gasteiger partial charge in [0.25, 0.3) is 0 Å². The molecular formula is C10H15FN2OS. The van der Waals surface area contributed by atoms with Crippen LogP contribution in [0.2, 0.25) is 0 Å². The minimum Gasteiger partial charge on any atom is -0.396 e. The Bertz CT molecular complexity index is 286. The largest absolute Gasteiger partial charge is 0.396 e. The normalized spacial score (nSPS) is 10.3. The summed E-state index contributed by atoms with van der Waals surface area (Å²) < 4.78 is 12.7. The maximum atomic E-state index is 12.7. The van der Waals surface area contributed by atoms with Crippen LogP contribution in [0, 0.1) is 5.95 Å². The number of nitrogens with one attached hydrogen (secondary N) is 1. The van der Waals surface area contributed by atoms with E-state index in [0.29, 0.717) is 0 Å². The lowest BCUT2D eigenvalue weighted by molar-refractivity contribution is 0.296. The molecule has 3 nitrogen and oxygen atoms in total. The van der Waals surface area contributed by atoms with Crippen LogP contribution in [-0.2, 0) is 0 Å². The number of hydrogen-bond donors (Lipinski definition) is 2. The topological polar surface area (TPSA) is 45.1 Å². The van der Waals surface area contributed by atoms with Crippen LogP contribution in [0.1, 0.15) is 6.42 Å². The van der Waals surface area contributed by atoms with E-state index in [1.165, 1.54) is 12.3 Å². The van der Waals surface area contributed by atoms with Crippen LogP contribution >= 0.6 is 11.8 Å². The van der Waals surface area contributed by atoms with Crippen LogP contribution < -0.4 is 5.32 Å². The van der Waals surface area contributed by atoms with Gasteiger partial charge in [0.05, 0.1) is 0 Å². The van der Waals surface area contributed by atoms with Gasteiger partial charge in [0.1, 0.15) is 0 Å². The summed E-state index contributed by atoms with van der Waals surface area (Å²) in [5, 5.41) is 11.7. The first-order chi connectivity index (χ1) is 7.33. The predicted molar refractivity (Wildman–Crippen MR) is 61.7 cm³/mol. The summed E-state index contributed by atoms with van der Waals surface area (Å²) in [6.07, 6.45) is 2.27. The fourth-order valence-electron chi connectivity index (χ4n) is 1.05. The molecule has 15 heavy (non-hydrogen) atoms. The average molecular weight is 230 g/mol. The van der Waals surface area contributed by atoms with Crippen molar-refractivity contribution in [2.45, 2.75) is 6.42 Å². The summed E-state index contributed by atoms with van der Waals surface area (Å²) >= 11 is 1.77. The van der Waals surface area contributed by atoms with Crippen molar-refractivity contribution >= 4 is 17.4 Å². The van der Waals surface area contributed by atoms with Gasteiger partial charge in [0.2, 0.25) is 5.95 Å². The Morgan fingerprint density at radius 3 is 3.07 bits per heavy atom. The molecule has 0 aliphatic rings. The number of rotatable bonds is 7. The Kier molecular flexibility index (Phi) is 6.11. The van der Waals surface area contributed by atoms with Gasteiger partial charge >= 0.3 is 0 Å². The molecule has 84 valence electrons. The summed E-state index contributed by atoms with van der Waals surface area (Å²) in [7, 11) is 0. The molecule has 0 aliphatic carbocycles. The lowest BCUT2D eigenvalue weighted by Crippen LogP contribution is -2.05. The Morgan fingerprint density at radius 2 is 2.33 bits per heavy atom. The molecule has 0 bridgehead atoms. The SMILES string of the molecule is OCCCSCCNc1ccnc(F)c1. The Labute approximate surface area is 93.1 Å². The van der Waals surface area contributed by atoms with Crippen LogP contribution in [-0.4, -0.2) is 34.7 Å². The van der Waals surface area contributed by atoms with Gasteiger partial charge in [0.15, 0.2) is 0 Å². The quantitative estimate of drug-likeness (QED) is 0.553. The molecule has 0 saturated carbocycles. The highest BCUT2D eigenvalue weighted by Crippen LogP contribution is 2.07. The third kappa shape index (κ3) is 5.59. The number of anilines is 1. The second kappa shape index (κ2) is 7.48. The Morgan fingerprint density at radius 1 is 1.47 bits per heavy atom. The Balaban J connectivity index is 2.10. The number of halogens is 1. The third-order valence-corrected chi connectivity index (χ3v) is 2.82. The zero-order valence-corrected chi connectivity index (χ0v) is 9.26. The molecule has 0 radical (unpaired) electrons. The molecule has 0 aromatic carbocycles. The number of thioether (sulfide) groups is 1. The highest BCUT2D eigenvalue weighted by Gasteiger charge is 1.94. The minimum atomic E-state index is -0.465. The van der Waals surface area contributed by atoms with Crippen molar-refractivity contribution in [3.8, 4) is 0 Å². The molecular weight excluding hydrogens is 215 g/mol. The summed E-state index contributed by atoms with van der Waals surface area (Å²) in [6, 6.07) is 3.11. The number of hydrogen-bond acceptors (Lipinski definition) is 4. The zero-order chi connectivity index (χ0) is 10.9. The van der Waals surface area contributed by atoms with Gasteiger partial charge < -0.3 is 10.4 Å². The number of nitrogens with zero attached hydrogens (tertiary/aromatic N) is 1. The van der Waals surface area contributed by atoms with Crippen molar-refractivity contribution in [2.75, 3.05) is 30.0 Å². The van der Waals surface area contributed by atoms with Crippen molar-refractivity contribution in [2.24, 2.45) is 0 Å². The molecule has 0 fully saturated rings. The third-order valence-electron chi connectivity index (χ3n) is 1.75. The molecule has 0 amide bonds. The van der Waals surface area contributed by atoms with Crippen LogP contribution in [0.4, 0.5) is 10.1 Å². The summed E-state index contributed by atoms with van der Waals surface area (Å²) in [4.78, 5) is 3.47. The van der Waals surface area contributed by atoms with Crippen molar-refractivity contribution < 1.29 is 9.50 Å². The van der Waals surface area contributed by atoms with Crippen molar-refractivity contribution in [1.82, 2.24) is 4.98 Å². The van der Waals surface area contributed by atoms with Crippen molar-refractivity contribution in [3.05, 3.63) is 24.3 Å². The minimum absolute atomic E-state index is 0.246. The summed E-state index contributed by atoms with van der Waals surface area (Å²) in [5.41, 5.74) is 0.755. The number of aliphatic hydroxyl groups excluding tert-OH is 1. The molecule has 1 aromatic rings. The monoisotopic (exact) mass is 230 g/mol. The highest BCUT2D eigenvalue weighted by molar-refractivity contribution is 7.99. The maximum absolute atomic E-state index is 12.7. The van der Waals surface area contributed by atoms with Gasteiger partial charge in [-0.3, -0.25) is 0 Å². The van der Waals surface area contributed by atoms with E-state index >= 15 is 0 Å². The van der Waals surface area contributed by atoms with Gasteiger partial charge in [-0.05, 0) is 18.2 Å². The predicted octanol–water partition coefficient (Wildman–Crippen LogP) is 1.75. The lowest BCUT2D eigenvalue weighted by atomic mass is 10.4. The van der Waals surface area contributed by atoms with Gasteiger partial charge in [-0.15, -0.1) is 0 Å². The highest BCUT2D eigenvalue weighted by atomic mass is 32.2. The molecule has 2 N–H and O–H groups in total. The van der Waals surface area contributed by atoms with Crippen LogP contribution in [0.5, 0.6) is 0 Å².